The highest BCUT2D eigenvalue weighted by atomic mass is 35.5. The lowest BCUT2D eigenvalue weighted by molar-refractivity contribution is -0.139. The molecule has 0 saturated carbocycles. The fourth-order valence-electron chi connectivity index (χ4n) is 2.87. The standard InChI is InChI=1S/C21H18Cl2O5/c1-3-12-11-27-20(18(19(12)24)21(25)26-2)13-4-6-16(7-5-13)28-17-9-14(22)8-15(23)10-17/h4-10,12H,3,11H2,1-2H3. The first-order chi connectivity index (χ1) is 13.4. The third-order valence-corrected chi connectivity index (χ3v) is 4.78. The monoisotopic (exact) mass is 420 g/mol. The molecule has 0 saturated heterocycles. The summed E-state index contributed by atoms with van der Waals surface area (Å²) in [6.07, 6.45) is 0.585. The SMILES string of the molecule is CCC1COC(c2ccc(Oc3cc(Cl)cc(Cl)c3)cc2)=C(C(=O)OC)C1=O. The number of ether oxygens (including phenoxy) is 3. The quantitative estimate of drug-likeness (QED) is 0.485. The van der Waals surface area contributed by atoms with Crippen LogP contribution in [0.1, 0.15) is 18.9 Å². The van der Waals surface area contributed by atoms with E-state index < -0.39 is 5.97 Å². The second-order valence-electron chi connectivity index (χ2n) is 6.21. The smallest absolute Gasteiger partial charge is 0.345 e. The molecule has 3 rings (SSSR count). The molecule has 1 aliphatic rings. The van der Waals surface area contributed by atoms with Crippen molar-refractivity contribution in [2.45, 2.75) is 13.3 Å². The second kappa shape index (κ2) is 8.67. The summed E-state index contributed by atoms with van der Waals surface area (Å²) in [4.78, 5) is 24.8. The van der Waals surface area contributed by atoms with Crippen molar-refractivity contribution in [1.82, 2.24) is 0 Å². The van der Waals surface area contributed by atoms with Gasteiger partial charge in [-0.15, -0.1) is 0 Å². The normalized spacial score (nSPS) is 16.6. The molecule has 0 N–H and O–H groups in total. The van der Waals surface area contributed by atoms with E-state index in [4.69, 9.17) is 37.4 Å². The summed E-state index contributed by atoms with van der Waals surface area (Å²) >= 11 is 12.0. The Morgan fingerprint density at radius 2 is 1.75 bits per heavy atom. The maximum absolute atomic E-state index is 12.6. The number of halogens is 2. The van der Waals surface area contributed by atoms with Gasteiger partial charge in [0.1, 0.15) is 22.8 Å². The Morgan fingerprint density at radius 3 is 2.32 bits per heavy atom. The molecular formula is C21H18Cl2O5. The molecule has 0 aromatic heterocycles. The van der Waals surface area contributed by atoms with Gasteiger partial charge in [0, 0.05) is 15.6 Å². The molecule has 0 aliphatic carbocycles. The molecule has 1 aliphatic heterocycles. The van der Waals surface area contributed by atoms with Crippen molar-refractivity contribution in [1.29, 1.82) is 0 Å². The summed E-state index contributed by atoms with van der Waals surface area (Å²) in [6.45, 7) is 2.10. The van der Waals surface area contributed by atoms with Gasteiger partial charge < -0.3 is 14.2 Å². The molecule has 0 fully saturated rings. The van der Waals surface area contributed by atoms with Crippen LogP contribution in [0, 0.1) is 5.92 Å². The van der Waals surface area contributed by atoms with E-state index >= 15 is 0 Å². The number of benzene rings is 2. The van der Waals surface area contributed by atoms with Crippen LogP contribution >= 0.6 is 23.2 Å². The zero-order valence-corrected chi connectivity index (χ0v) is 16.8. The highest BCUT2D eigenvalue weighted by Gasteiger charge is 2.35. The van der Waals surface area contributed by atoms with E-state index in [0.717, 1.165) is 0 Å². The van der Waals surface area contributed by atoms with Gasteiger partial charge in [0.2, 0.25) is 0 Å². The number of Topliss-reactive ketones (excluding diaryl/α,β-unsaturated/α-hetero) is 1. The molecule has 5 nitrogen and oxygen atoms in total. The molecule has 0 bridgehead atoms. The van der Waals surface area contributed by atoms with Gasteiger partial charge in [-0.25, -0.2) is 4.79 Å². The lowest BCUT2D eigenvalue weighted by Crippen LogP contribution is -2.31. The van der Waals surface area contributed by atoms with Gasteiger partial charge in [-0.1, -0.05) is 30.1 Å². The molecule has 146 valence electrons. The minimum Gasteiger partial charge on any atom is -0.491 e. The van der Waals surface area contributed by atoms with E-state index in [2.05, 4.69) is 0 Å². The second-order valence-corrected chi connectivity index (χ2v) is 7.08. The van der Waals surface area contributed by atoms with Gasteiger partial charge in [-0.2, -0.15) is 0 Å². The summed E-state index contributed by atoms with van der Waals surface area (Å²) in [5.41, 5.74) is 0.524. The van der Waals surface area contributed by atoms with Gasteiger partial charge in [-0.3, -0.25) is 4.79 Å². The maximum atomic E-state index is 12.6. The number of methoxy groups -OCH3 is 1. The number of carbonyl (C=O) groups excluding carboxylic acids is 2. The summed E-state index contributed by atoms with van der Waals surface area (Å²) in [7, 11) is 1.24. The number of hydrogen-bond acceptors (Lipinski definition) is 5. The van der Waals surface area contributed by atoms with E-state index in [0.29, 0.717) is 33.5 Å². The minimum atomic E-state index is -0.702. The molecule has 1 atom stereocenters. The molecular weight excluding hydrogens is 403 g/mol. The Kier molecular flexibility index (Phi) is 6.27. The Balaban J connectivity index is 1.90. The molecule has 2 aromatic rings. The van der Waals surface area contributed by atoms with Gasteiger partial charge in [0.25, 0.3) is 0 Å². The highest BCUT2D eigenvalue weighted by molar-refractivity contribution is 6.34. The maximum Gasteiger partial charge on any atom is 0.345 e. The summed E-state index contributed by atoms with van der Waals surface area (Å²) < 4.78 is 16.3. The molecule has 0 spiro atoms. The molecule has 1 unspecified atom stereocenters. The third-order valence-electron chi connectivity index (χ3n) is 4.34. The number of hydrogen-bond donors (Lipinski definition) is 0. The van der Waals surface area contributed by atoms with Gasteiger partial charge in [-0.05, 0) is 48.9 Å². The van der Waals surface area contributed by atoms with Crippen LogP contribution in [0.2, 0.25) is 10.0 Å². The lowest BCUT2D eigenvalue weighted by atomic mass is 9.91. The van der Waals surface area contributed by atoms with Crippen LogP contribution in [0.5, 0.6) is 11.5 Å². The van der Waals surface area contributed by atoms with E-state index in [1.54, 1.807) is 42.5 Å². The predicted octanol–water partition coefficient (Wildman–Crippen LogP) is 5.30. The Hall–Kier alpha value is -2.50. The topological polar surface area (TPSA) is 61.8 Å². The van der Waals surface area contributed by atoms with Gasteiger partial charge in [0.15, 0.2) is 5.78 Å². The highest BCUT2D eigenvalue weighted by Crippen LogP contribution is 2.33. The summed E-state index contributed by atoms with van der Waals surface area (Å²) in [5, 5.41) is 0.929. The summed E-state index contributed by atoms with van der Waals surface area (Å²) in [5.74, 6) is -0.0612. The molecule has 1 heterocycles. The fraction of sp³-hybridized carbons (Fsp3) is 0.238. The number of carbonyl (C=O) groups is 2. The van der Waals surface area contributed by atoms with Crippen molar-refractivity contribution in [3.8, 4) is 11.5 Å². The summed E-state index contributed by atoms with van der Waals surface area (Å²) in [6, 6.07) is 11.7. The van der Waals surface area contributed by atoms with Crippen molar-refractivity contribution in [2.24, 2.45) is 5.92 Å². The number of rotatable bonds is 5. The average molecular weight is 421 g/mol. The molecule has 0 radical (unpaired) electrons. The average Bonchev–Trinajstić information content (AvgIpc) is 2.67. The van der Waals surface area contributed by atoms with Gasteiger partial charge in [0.05, 0.1) is 19.6 Å². The first kappa shape index (κ1) is 20.2. The first-order valence-electron chi connectivity index (χ1n) is 8.67. The predicted molar refractivity (Wildman–Crippen MR) is 107 cm³/mol. The molecule has 2 aromatic carbocycles. The van der Waals surface area contributed by atoms with Crippen LogP contribution in [0.25, 0.3) is 5.76 Å². The zero-order valence-electron chi connectivity index (χ0n) is 15.3. The van der Waals surface area contributed by atoms with E-state index in [1.807, 2.05) is 6.92 Å². The van der Waals surface area contributed by atoms with Crippen molar-refractivity contribution in [2.75, 3.05) is 13.7 Å². The van der Waals surface area contributed by atoms with Crippen molar-refractivity contribution >= 4 is 40.7 Å². The largest absolute Gasteiger partial charge is 0.491 e. The molecule has 28 heavy (non-hydrogen) atoms. The van der Waals surface area contributed by atoms with Crippen molar-refractivity contribution in [3.05, 3.63) is 63.6 Å². The van der Waals surface area contributed by atoms with Crippen LogP contribution in [0.15, 0.2) is 48.0 Å². The number of esters is 1. The Bertz CT molecular complexity index is 914. The van der Waals surface area contributed by atoms with E-state index in [1.165, 1.54) is 7.11 Å². The van der Waals surface area contributed by atoms with Crippen molar-refractivity contribution in [3.63, 3.8) is 0 Å². The first-order valence-corrected chi connectivity index (χ1v) is 9.42. The zero-order chi connectivity index (χ0) is 20.3. The minimum absolute atomic E-state index is 0.0594. The van der Waals surface area contributed by atoms with Crippen molar-refractivity contribution < 1.29 is 23.8 Å². The van der Waals surface area contributed by atoms with Crippen LogP contribution in [0.4, 0.5) is 0 Å². The molecule has 0 amide bonds. The lowest BCUT2D eigenvalue weighted by Gasteiger charge is -2.25. The Labute approximate surface area is 172 Å². The Morgan fingerprint density at radius 1 is 1.11 bits per heavy atom. The number of ketones is 1. The van der Waals surface area contributed by atoms with Crippen LogP contribution in [-0.4, -0.2) is 25.5 Å². The van der Waals surface area contributed by atoms with Crippen LogP contribution in [-0.2, 0) is 19.1 Å². The van der Waals surface area contributed by atoms with Crippen LogP contribution < -0.4 is 4.74 Å². The van der Waals surface area contributed by atoms with E-state index in [-0.39, 0.29) is 29.6 Å². The fourth-order valence-corrected chi connectivity index (χ4v) is 3.38. The molecule has 7 heteroatoms. The third kappa shape index (κ3) is 4.32. The van der Waals surface area contributed by atoms with E-state index in [9.17, 15) is 9.59 Å². The van der Waals surface area contributed by atoms with Gasteiger partial charge >= 0.3 is 5.97 Å². The van der Waals surface area contributed by atoms with Crippen LogP contribution in [0.3, 0.4) is 0 Å².